The number of hydrogen-bond acceptors (Lipinski definition) is 1. The van der Waals surface area contributed by atoms with E-state index in [1.165, 1.54) is 6.07 Å². The Morgan fingerprint density at radius 2 is 1.95 bits per heavy atom. The molecule has 0 spiro atoms. The summed E-state index contributed by atoms with van der Waals surface area (Å²) in [5, 5.41) is 0. The zero-order valence-electron chi connectivity index (χ0n) is 11.7. The summed E-state index contributed by atoms with van der Waals surface area (Å²) in [6, 6.07) is 3.99. The van der Waals surface area contributed by atoms with E-state index >= 15 is 0 Å². The minimum Gasteiger partial charge on any atom is -0.246 e. The van der Waals surface area contributed by atoms with Crippen molar-refractivity contribution in [3.63, 3.8) is 0 Å². The Kier molecular flexibility index (Phi) is 5.35. The summed E-state index contributed by atoms with van der Waals surface area (Å²) in [7, 11) is -1.41. The van der Waals surface area contributed by atoms with Gasteiger partial charge in [-0.3, -0.25) is 0 Å². The van der Waals surface area contributed by atoms with E-state index < -0.39 is 28.2 Å². The molecule has 1 rings (SSSR count). The van der Waals surface area contributed by atoms with Gasteiger partial charge in [0.05, 0.1) is 10.5 Å². The largest absolute Gasteiger partial charge is 0.246 e. The van der Waals surface area contributed by atoms with Gasteiger partial charge in [-0.1, -0.05) is 6.92 Å². The van der Waals surface area contributed by atoms with Gasteiger partial charge in [0.25, 0.3) is 0 Å². The highest BCUT2D eigenvalue weighted by Crippen LogP contribution is 2.17. The van der Waals surface area contributed by atoms with Gasteiger partial charge in [-0.05, 0) is 56.5 Å². The summed E-state index contributed by atoms with van der Waals surface area (Å²) in [5.41, 5.74) is 1.29. The lowest BCUT2D eigenvalue weighted by Crippen LogP contribution is -2.21. The van der Waals surface area contributed by atoms with Crippen molar-refractivity contribution in [2.24, 2.45) is 4.40 Å². The van der Waals surface area contributed by atoms with Crippen LogP contribution < -0.4 is 0 Å². The fraction of sp³-hybridized carbons (Fsp3) is 0.500. The number of rotatable bonds is 4. The monoisotopic (exact) mass is 287 g/mol. The fourth-order valence-electron chi connectivity index (χ4n) is 1.45. The lowest BCUT2D eigenvalue weighted by Gasteiger charge is -2.15. The van der Waals surface area contributed by atoms with Crippen LogP contribution in [0.25, 0.3) is 0 Å². The minimum atomic E-state index is -1.41. The second-order valence-electron chi connectivity index (χ2n) is 5.23. The molecule has 1 aromatic carbocycles. The summed E-state index contributed by atoms with van der Waals surface area (Å²) < 4.78 is 41.7. The second-order valence-corrected chi connectivity index (χ2v) is 7.14. The quantitative estimate of drug-likeness (QED) is 0.771. The Morgan fingerprint density at radius 1 is 1.32 bits per heavy atom. The van der Waals surface area contributed by atoms with Gasteiger partial charge in [0.1, 0.15) is 23.5 Å². The standard InChI is InChI=1S/C14H19F2NOS/c1-5-13(17-19(18)14(2,3)4)11-6-10(9-15)7-12(16)8-11/h6-8H,5,9H2,1-4H3. The fourth-order valence-corrected chi connectivity index (χ4v) is 2.16. The summed E-state index contributed by atoms with van der Waals surface area (Å²) in [4.78, 5) is 0. The van der Waals surface area contributed by atoms with Gasteiger partial charge in [-0.15, -0.1) is 0 Å². The number of halogens is 2. The van der Waals surface area contributed by atoms with Gasteiger partial charge >= 0.3 is 0 Å². The van der Waals surface area contributed by atoms with Crippen LogP contribution in [0.4, 0.5) is 8.78 Å². The highest BCUT2D eigenvalue weighted by atomic mass is 32.2. The normalized spacial score (nSPS) is 14.5. The van der Waals surface area contributed by atoms with Gasteiger partial charge in [-0.25, -0.2) is 13.0 Å². The molecule has 1 unspecified atom stereocenters. The van der Waals surface area contributed by atoms with E-state index in [9.17, 15) is 13.0 Å². The molecule has 0 aliphatic rings. The summed E-state index contributed by atoms with van der Waals surface area (Å²) in [5.74, 6) is -0.507. The molecule has 106 valence electrons. The molecule has 0 amide bonds. The van der Waals surface area contributed by atoms with Crippen LogP contribution in [-0.4, -0.2) is 14.7 Å². The molecule has 0 fully saturated rings. The molecule has 0 aliphatic carbocycles. The molecule has 0 bridgehead atoms. The molecule has 0 N–H and O–H groups in total. The first kappa shape index (κ1) is 16.0. The maximum absolute atomic E-state index is 13.4. The van der Waals surface area contributed by atoms with Crippen molar-refractivity contribution in [3.05, 3.63) is 35.1 Å². The third-order valence-corrected chi connectivity index (χ3v) is 3.93. The van der Waals surface area contributed by atoms with Crippen LogP contribution in [-0.2, 0) is 17.7 Å². The Balaban J connectivity index is 3.20. The van der Waals surface area contributed by atoms with Gasteiger partial charge in [0.15, 0.2) is 0 Å². The van der Waals surface area contributed by atoms with Gasteiger partial charge in [0.2, 0.25) is 0 Å². The Labute approximate surface area is 115 Å². The second kappa shape index (κ2) is 6.37. The van der Waals surface area contributed by atoms with E-state index in [0.717, 1.165) is 6.07 Å². The topological polar surface area (TPSA) is 29.4 Å². The van der Waals surface area contributed by atoms with Gasteiger partial charge in [-0.2, -0.15) is 4.40 Å². The lowest BCUT2D eigenvalue weighted by atomic mass is 10.1. The first-order valence-corrected chi connectivity index (χ1v) is 7.24. The molecule has 1 aromatic rings. The van der Waals surface area contributed by atoms with Crippen molar-refractivity contribution < 1.29 is 13.0 Å². The van der Waals surface area contributed by atoms with Crippen LogP contribution in [0, 0.1) is 5.82 Å². The Bertz CT molecular complexity index is 507. The highest BCUT2D eigenvalue weighted by molar-refractivity contribution is 7.85. The van der Waals surface area contributed by atoms with Crippen LogP contribution in [0.3, 0.4) is 0 Å². The van der Waals surface area contributed by atoms with Crippen LogP contribution >= 0.6 is 0 Å². The van der Waals surface area contributed by atoms with Crippen molar-refractivity contribution in [1.82, 2.24) is 0 Å². The van der Waals surface area contributed by atoms with E-state index in [1.54, 1.807) is 6.07 Å². The molecule has 0 aliphatic heterocycles. The molecular formula is C14H19F2NOS. The zero-order valence-corrected chi connectivity index (χ0v) is 12.5. The number of benzene rings is 1. The van der Waals surface area contributed by atoms with Crippen molar-refractivity contribution in [2.45, 2.75) is 45.5 Å². The lowest BCUT2D eigenvalue weighted by molar-refractivity contribution is 0.482. The molecule has 0 saturated carbocycles. The first-order valence-electron chi connectivity index (χ1n) is 6.13. The molecule has 5 heteroatoms. The third kappa shape index (κ3) is 4.49. The highest BCUT2D eigenvalue weighted by Gasteiger charge is 2.20. The van der Waals surface area contributed by atoms with Gasteiger partial charge in [0, 0.05) is 0 Å². The molecule has 2 nitrogen and oxygen atoms in total. The molecule has 0 radical (unpaired) electrons. The number of hydrogen-bond donors (Lipinski definition) is 0. The molecule has 1 atom stereocenters. The number of nitrogens with zero attached hydrogens (tertiary/aromatic N) is 1. The Hall–Kier alpha value is -1.10. The van der Waals surface area contributed by atoms with E-state index in [1.807, 2.05) is 27.7 Å². The van der Waals surface area contributed by atoms with Crippen molar-refractivity contribution in [2.75, 3.05) is 0 Å². The first-order chi connectivity index (χ1) is 8.77. The smallest absolute Gasteiger partial charge is 0.145 e. The van der Waals surface area contributed by atoms with E-state index in [0.29, 0.717) is 17.7 Å². The predicted molar refractivity (Wildman–Crippen MR) is 75.9 cm³/mol. The predicted octanol–water partition coefficient (Wildman–Crippen LogP) is 3.96. The van der Waals surface area contributed by atoms with Gasteiger partial charge < -0.3 is 0 Å². The van der Waals surface area contributed by atoms with Crippen LogP contribution in [0.2, 0.25) is 0 Å². The van der Waals surface area contributed by atoms with Crippen LogP contribution in [0.1, 0.15) is 45.2 Å². The summed E-state index contributed by atoms with van der Waals surface area (Å²) >= 11 is 0. The Morgan fingerprint density at radius 3 is 2.42 bits per heavy atom. The molecule has 0 aromatic heterocycles. The van der Waals surface area contributed by atoms with Crippen LogP contribution in [0.15, 0.2) is 22.6 Å². The van der Waals surface area contributed by atoms with Crippen molar-refractivity contribution in [1.29, 1.82) is 0 Å². The summed E-state index contributed by atoms with van der Waals surface area (Å²) in [6.07, 6.45) is 0.511. The molecular weight excluding hydrogens is 268 g/mol. The SMILES string of the molecule is CCC(=NS(=O)C(C)(C)C)c1cc(F)cc(CF)c1. The van der Waals surface area contributed by atoms with E-state index in [2.05, 4.69) is 4.40 Å². The minimum absolute atomic E-state index is 0.262. The van der Waals surface area contributed by atoms with E-state index in [4.69, 9.17) is 0 Å². The molecule has 19 heavy (non-hydrogen) atoms. The maximum atomic E-state index is 13.4. The average Bonchev–Trinajstić information content (AvgIpc) is 2.33. The molecule has 0 saturated heterocycles. The third-order valence-electron chi connectivity index (χ3n) is 2.50. The van der Waals surface area contributed by atoms with Crippen molar-refractivity contribution in [3.8, 4) is 0 Å². The van der Waals surface area contributed by atoms with E-state index in [-0.39, 0.29) is 5.56 Å². The molecule has 0 heterocycles. The summed E-state index contributed by atoms with van der Waals surface area (Å²) in [6.45, 7) is 6.57. The maximum Gasteiger partial charge on any atom is 0.145 e. The zero-order chi connectivity index (χ0) is 14.6. The van der Waals surface area contributed by atoms with Crippen LogP contribution in [0.5, 0.6) is 0 Å². The average molecular weight is 287 g/mol. The van der Waals surface area contributed by atoms with Crippen molar-refractivity contribution >= 4 is 16.7 Å². The number of alkyl halides is 1.